The quantitative estimate of drug-likeness (QED) is 0.675. The molecular weight excluding hydrogens is 178 g/mol. The van der Waals surface area contributed by atoms with E-state index >= 15 is 0 Å². The first-order chi connectivity index (χ1) is 6.56. The summed E-state index contributed by atoms with van der Waals surface area (Å²) in [5, 5.41) is 3.13. The molecule has 0 bridgehead atoms. The Morgan fingerprint density at radius 3 is 2.57 bits per heavy atom. The van der Waals surface area contributed by atoms with Crippen LogP contribution in [0.3, 0.4) is 0 Å². The van der Waals surface area contributed by atoms with Gasteiger partial charge in [0.1, 0.15) is 7.85 Å². The molecule has 0 aromatic heterocycles. The summed E-state index contributed by atoms with van der Waals surface area (Å²) in [7, 11) is 5.23. The smallest absolute Gasteiger partial charge is 0.118 e. The van der Waals surface area contributed by atoms with Crippen LogP contribution in [-0.2, 0) is 0 Å². The summed E-state index contributed by atoms with van der Waals surface area (Å²) in [5.41, 5.74) is 0. The molecule has 4 heteroatoms. The summed E-state index contributed by atoms with van der Waals surface area (Å²) in [5.74, 6) is 0. The summed E-state index contributed by atoms with van der Waals surface area (Å²) < 4.78 is 12.8. The van der Waals surface area contributed by atoms with Crippen LogP contribution in [0.1, 0.15) is 27.2 Å². The lowest BCUT2D eigenvalue weighted by Gasteiger charge is -2.31. The summed E-state index contributed by atoms with van der Waals surface area (Å²) in [6, 6.07) is 0.793. The summed E-state index contributed by atoms with van der Waals surface area (Å²) in [6.45, 7) is 8.35. The van der Waals surface area contributed by atoms with Crippen molar-refractivity contribution in [2.45, 2.75) is 51.4 Å². The summed E-state index contributed by atoms with van der Waals surface area (Å²) >= 11 is 0. The second-order valence-electron chi connectivity index (χ2n) is 4.27. The van der Waals surface area contributed by atoms with Gasteiger partial charge in [0.15, 0.2) is 0 Å². The molecule has 0 aliphatic carbocycles. The van der Waals surface area contributed by atoms with Gasteiger partial charge < -0.3 is 5.32 Å². The van der Waals surface area contributed by atoms with Crippen LogP contribution in [0.5, 0.6) is 0 Å². The highest BCUT2D eigenvalue weighted by atomic mass is 19.1. The largest absolute Gasteiger partial charge is 0.310 e. The Morgan fingerprint density at radius 2 is 2.21 bits per heavy atom. The average molecular weight is 198 g/mol. The number of hydrogen-bond donors (Lipinski definition) is 1. The van der Waals surface area contributed by atoms with Crippen LogP contribution in [0.4, 0.5) is 4.39 Å². The van der Waals surface area contributed by atoms with Crippen molar-refractivity contribution in [1.82, 2.24) is 10.2 Å². The average Bonchev–Trinajstić information content (AvgIpc) is 2.53. The van der Waals surface area contributed by atoms with E-state index in [9.17, 15) is 4.39 Å². The normalized spacial score (nSPS) is 30.1. The third-order valence-corrected chi connectivity index (χ3v) is 3.02. The first-order valence-corrected chi connectivity index (χ1v) is 5.45. The van der Waals surface area contributed by atoms with Crippen LogP contribution >= 0.6 is 0 Å². The van der Waals surface area contributed by atoms with Crippen molar-refractivity contribution in [3.8, 4) is 0 Å². The van der Waals surface area contributed by atoms with E-state index in [0.717, 1.165) is 19.5 Å². The Hall–Kier alpha value is -0.0851. The van der Waals surface area contributed by atoms with Crippen LogP contribution in [0, 0.1) is 0 Å². The van der Waals surface area contributed by atoms with Crippen molar-refractivity contribution in [1.29, 1.82) is 0 Å². The molecule has 1 fully saturated rings. The van der Waals surface area contributed by atoms with E-state index in [1.807, 2.05) is 0 Å². The van der Waals surface area contributed by atoms with E-state index in [0.29, 0.717) is 12.1 Å². The molecule has 1 aliphatic heterocycles. The topological polar surface area (TPSA) is 15.3 Å². The molecule has 0 saturated carbocycles. The summed E-state index contributed by atoms with van der Waals surface area (Å²) in [4.78, 5) is 2.38. The van der Waals surface area contributed by atoms with Crippen molar-refractivity contribution < 1.29 is 4.39 Å². The molecule has 3 atom stereocenters. The van der Waals surface area contributed by atoms with Gasteiger partial charge in [-0.25, -0.2) is 0 Å². The first kappa shape index (κ1) is 12.0. The number of halogens is 1. The highest BCUT2D eigenvalue weighted by Gasteiger charge is 2.31. The van der Waals surface area contributed by atoms with E-state index in [-0.39, 0.29) is 6.04 Å². The Morgan fingerprint density at radius 1 is 1.57 bits per heavy atom. The lowest BCUT2D eigenvalue weighted by molar-refractivity contribution is 0.169. The van der Waals surface area contributed by atoms with Gasteiger partial charge in [-0.1, -0.05) is 6.92 Å². The minimum absolute atomic E-state index is 0.159. The van der Waals surface area contributed by atoms with Gasteiger partial charge in [0, 0.05) is 24.7 Å². The van der Waals surface area contributed by atoms with Crippen molar-refractivity contribution in [3.05, 3.63) is 0 Å². The molecule has 0 spiro atoms. The number of nitrogens with zero attached hydrogens (tertiary/aromatic N) is 1. The number of rotatable bonds is 4. The van der Waals surface area contributed by atoms with Gasteiger partial charge >= 0.3 is 0 Å². The third-order valence-electron chi connectivity index (χ3n) is 3.02. The Labute approximate surface area is 87.6 Å². The fourth-order valence-corrected chi connectivity index (χ4v) is 2.29. The molecule has 80 valence electrons. The molecule has 2 radical (unpaired) electrons. The maximum atomic E-state index is 12.8. The summed E-state index contributed by atoms with van der Waals surface area (Å²) in [6.07, 6.45) is -0.408. The third kappa shape index (κ3) is 2.70. The molecule has 1 N–H and O–H groups in total. The Kier molecular flexibility index (Phi) is 4.39. The SMILES string of the molecule is [B]C(F)[C@@H]1CC(N(CC)C(C)C)CN1. The maximum Gasteiger partial charge on any atom is 0.118 e. The lowest BCUT2D eigenvalue weighted by Crippen LogP contribution is -2.41. The molecule has 1 rings (SSSR count). The Bertz CT molecular complexity index is 176. The highest BCUT2D eigenvalue weighted by Crippen LogP contribution is 2.18. The van der Waals surface area contributed by atoms with Crippen LogP contribution in [0.15, 0.2) is 0 Å². The van der Waals surface area contributed by atoms with Gasteiger partial charge in [-0.15, -0.1) is 0 Å². The van der Waals surface area contributed by atoms with E-state index in [1.165, 1.54) is 0 Å². The standard InChI is InChI=1S/C10H20BFN2/c1-4-14(7(2)3)8-5-9(10(11)12)13-6-8/h7-10,13H,4-6H2,1-3H3/t8?,9-,10?/m0/s1. The fraction of sp³-hybridized carbons (Fsp3) is 1.00. The van der Waals surface area contributed by atoms with Gasteiger partial charge in [0.05, 0.1) is 6.07 Å². The fourth-order valence-electron chi connectivity index (χ4n) is 2.29. The number of likely N-dealkylation sites (N-methyl/N-ethyl adjacent to an activating group) is 1. The number of alkyl halides is 1. The highest BCUT2D eigenvalue weighted by molar-refractivity contribution is 6.11. The monoisotopic (exact) mass is 198 g/mol. The minimum Gasteiger partial charge on any atom is -0.310 e. The molecule has 0 aromatic rings. The zero-order valence-electron chi connectivity index (χ0n) is 9.33. The number of hydrogen-bond acceptors (Lipinski definition) is 2. The molecule has 0 amide bonds. The number of nitrogens with one attached hydrogen (secondary N) is 1. The van der Waals surface area contributed by atoms with Gasteiger partial charge in [0.25, 0.3) is 0 Å². The molecule has 1 saturated heterocycles. The molecule has 1 heterocycles. The van der Waals surface area contributed by atoms with E-state index in [1.54, 1.807) is 0 Å². The molecule has 1 aliphatic rings. The Balaban J connectivity index is 2.47. The predicted octanol–water partition coefficient (Wildman–Crippen LogP) is 0.911. The molecular formula is C10H20BFN2. The zero-order chi connectivity index (χ0) is 10.7. The lowest BCUT2D eigenvalue weighted by atomic mass is 9.92. The molecule has 14 heavy (non-hydrogen) atoms. The van der Waals surface area contributed by atoms with Gasteiger partial charge in [-0.2, -0.15) is 0 Å². The van der Waals surface area contributed by atoms with Crippen LogP contribution < -0.4 is 5.32 Å². The van der Waals surface area contributed by atoms with Crippen LogP contribution in [0.2, 0.25) is 0 Å². The van der Waals surface area contributed by atoms with Crippen LogP contribution in [-0.4, -0.2) is 50.0 Å². The van der Waals surface area contributed by atoms with E-state index in [2.05, 4.69) is 31.0 Å². The maximum absolute atomic E-state index is 12.8. The van der Waals surface area contributed by atoms with Crippen LogP contribution in [0.25, 0.3) is 0 Å². The van der Waals surface area contributed by atoms with Crippen molar-refractivity contribution in [2.75, 3.05) is 13.1 Å². The predicted molar refractivity (Wildman–Crippen MR) is 58.4 cm³/mol. The zero-order valence-corrected chi connectivity index (χ0v) is 9.33. The van der Waals surface area contributed by atoms with E-state index in [4.69, 9.17) is 7.85 Å². The van der Waals surface area contributed by atoms with E-state index < -0.39 is 6.07 Å². The van der Waals surface area contributed by atoms with Gasteiger partial charge in [-0.05, 0) is 26.8 Å². The van der Waals surface area contributed by atoms with Crippen molar-refractivity contribution >= 4 is 7.85 Å². The van der Waals surface area contributed by atoms with Gasteiger partial charge in [0.2, 0.25) is 0 Å². The minimum atomic E-state index is -1.23. The first-order valence-electron chi connectivity index (χ1n) is 5.45. The van der Waals surface area contributed by atoms with Gasteiger partial charge in [-0.3, -0.25) is 9.29 Å². The molecule has 0 aromatic carbocycles. The van der Waals surface area contributed by atoms with Crippen molar-refractivity contribution in [2.24, 2.45) is 0 Å². The molecule has 2 nitrogen and oxygen atoms in total. The second-order valence-corrected chi connectivity index (χ2v) is 4.27. The second kappa shape index (κ2) is 5.12. The molecule has 2 unspecified atom stereocenters. The van der Waals surface area contributed by atoms with Crippen molar-refractivity contribution in [3.63, 3.8) is 0 Å².